The summed E-state index contributed by atoms with van der Waals surface area (Å²) in [7, 11) is -3.40. The van der Waals surface area contributed by atoms with Crippen LogP contribution in [0.3, 0.4) is 0 Å². The number of hydrogen-bond acceptors (Lipinski definition) is 4. The quantitative estimate of drug-likeness (QED) is 0.686. The Balaban J connectivity index is 1.77. The molecule has 0 spiro atoms. The highest BCUT2D eigenvalue weighted by molar-refractivity contribution is 7.92. The van der Waals surface area contributed by atoms with Crippen LogP contribution in [-0.4, -0.2) is 20.6 Å². The molecule has 1 amide bonds. The van der Waals surface area contributed by atoms with E-state index < -0.39 is 10.0 Å². The maximum atomic E-state index is 13.9. The minimum Gasteiger partial charge on any atom is -0.321 e. The van der Waals surface area contributed by atoms with Crippen molar-refractivity contribution >= 4 is 38.6 Å². The predicted octanol–water partition coefficient (Wildman–Crippen LogP) is 4.18. The lowest BCUT2D eigenvalue weighted by atomic mass is 10.1. The van der Waals surface area contributed by atoms with E-state index in [9.17, 15) is 17.6 Å². The summed E-state index contributed by atoms with van der Waals surface area (Å²) in [6, 6.07) is 14.4. The van der Waals surface area contributed by atoms with Gasteiger partial charge < -0.3 is 5.32 Å². The highest BCUT2D eigenvalue weighted by Gasteiger charge is 2.13. The molecule has 0 aliphatic heterocycles. The molecule has 26 heavy (non-hydrogen) atoms. The first-order valence-corrected chi connectivity index (χ1v) is 10.3. The molecule has 0 aliphatic rings. The third-order valence-electron chi connectivity index (χ3n) is 3.43. The molecule has 0 saturated carbocycles. The molecule has 134 valence electrons. The fourth-order valence-corrected chi connectivity index (χ4v) is 3.72. The summed E-state index contributed by atoms with van der Waals surface area (Å²) in [4.78, 5) is 12.8. The number of anilines is 2. The largest absolute Gasteiger partial charge is 0.321 e. The monoisotopic (exact) mass is 390 g/mol. The summed E-state index contributed by atoms with van der Waals surface area (Å²) in [5.41, 5.74) is 1.86. The molecule has 5 nitrogen and oxygen atoms in total. The molecule has 3 aromatic rings. The van der Waals surface area contributed by atoms with E-state index in [-0.39, 0.29) is 11.7 Å². The molecular weight excluding hydrogens is 375 g/mol. The topological polar surface area (TPSA) is 75.3 Å². The minimum absolute atomic E-state index is 0.350. The molecule has 0 radical (unpaired) electrons. The Hall–Kier alpha value is -2.71. The smallest absolute Gasteiger partial charge is 0.265 e. The molecule has 0 fully saturated rings. The number of carbonyl (C=O) groups is 1. The third kappa shape index (κ3) is 4.47. The second-order valence-corrected chi connectivity index (χ2v) is 8.25. The van der Waals surface area contributed by atoms with Gasteiger partial charge in [0, 0.05) is 11.3 Å². The van der Waals surface area contributed by atoms with Gasteiger partial charge in [0.2, 0.25) is 10.0 Å². The number of amides is 1. The summed E-state index contributed by atoms with van der Waals surface area (Å²) in [5.74, 6) is -0.703. The van der Waals surface area contributed by atoms with Crippen LogP contribution in [0.1, 0.15) is 9.67 Å². The van der Waals surface area contributed by atoms with Crippen molar-refractivity contribution in [2.24, 2.45) is 0 Å². The fourth-order valence-electron chi connectivity index (χ4n) is 2.36. The average Bonchev–Trinajstić information content (AvgIpc) is 3.04. The van der Waals surface area contributed by atoms with Gasteiger partial charge in [-0.15, -0.1) is 11.3 Å². The van der Waals surface area contributed by atoms with Crippen LogP contribution >= 0.6 is 11.3 Å². The van der Waals surface area contributed by atoms with Crippen LogP contribution in [0.5, 0.6) is 0 Å². The number of sulfonamides is 1. The van der Waals surface area contributed by atoms with Gasteiger partial charge in [0.05, 0.1) is 16.8 Å². The Morgan fingerprint density at radius 1 is 1.04 bits per heavy atom. The first kappa shape index (κ1) is 18.1. The van der Waals surface area contributed by atoms with Crippen LogP contribution in [0.2, 0.25) is 0 Å². The van der Waals surface area contributed by atoms with Crippen LogP contribution in [0, 0.1) is 5.82 Å². The molecule has 0 aliphatic carbocycles. The molecule has 2 aromatic carbocycles. The van der Waals surface area contributed by atoms with E-state index in [1.807, 2.05) is 0 Å². The number of thiophene rings is 1. The Bertz CT molecular complexity index is 1060. The van der Waals surface area contributed by atoms with Crippen molar-refractivity contribution < 1.29 is 17.6 Å². The van der Waals surface area contributed by atoms with Crippen molar-refractivity contribution in [1.82, 2.24) is 0 Å². The first-order chi connectivity index (χ1) is 12.3. The Morgan fingerprint density at radius 2 is 1.77 bits per heavy atom. The van der Waals surface area contributed by atoms with Gasteiger partial charge in [-0.05, 0) is 41.3 Å². The molecule has 0 bridgehead atoms. The van der Waals surface area contributed by atoms with Gasteiger partial charge in [-0.25, -0.2) is 12.8 Å². The summed E-state index contributed by atoms with van der Waals surface area (Å²) in [6.07, 6.45) is 1.05. The van der Waals surface area contributed by atoms with Gasteiger partial charge in [0.1, 0.15) is 5.82 Å². The zero-order valence-corrected chi connectivity index (χ0v) is 15.3. The standard InChI is InChI=1S/C18H15FN2O3S2/c1-26(23,24)21-14-6-4-5-13(10-14)20-18(22)17-9-12(11-25-17)15-7-2-3-8-16(15)19/h2-11,21H,1H3,(H,20,22). The lowest BCUT2D eigenvalue weighted by Crippen LogP contribution is -2.12. The van der Waals surface area contributed by atoms with Crippen molar-refractivity contribution in [3.63, 3.8) is 0 Å². The summed E-state index contributed by atoms with van der Waals surface area (Å²) < 4.78 is 38.8. The molecule has 0 atom stereocenters. The van der Waals surface area contributed by atoms with E-state index in [2.05, 4.69) is 10.0 Å². The highest BCUT2D eigenvalue weighted by Crippen LogP contribution is 2.28. The summed E-state index contributed by atoms with van der Waals surface area (Å²) >= 11 is 1.20. The SMILES string of the molecule is CS(=O)(=O)Nc1cccc(NC(=O)c2cc(-c3ccccc3F)cs2)c1. The molecule has 0 unspecified atom stereocenters. The van der Waals surface area contributed by atoms with Gasteiger partial charge in [0.25, 0.3) is 5.91 Å². The summed E-state index contributed by atoms with van der Waals surface area (Å²) in [6.45, 7) is 0. The molecule has 1 aromatic heterocycles. The predicted molar refractivity (Wildman–Crippen MR) is 103 cm³/mol. The van der Waals surface area contributed by atoms with Gasteiger partial charge in [0.15, 0.2) is 0 Å². The van der Waals surface area contributed by atoms with Crippen molar-refractivity contribution in [3.05, 3.63) is 70.7 Å². The maximum Gasteiger partial charge on any atom is 0.265 e. The van der Waals surface area contributed by atoms with E-state index in [0.717, 1.165) is 6.26 Å². The number of halogens is 1. The van der Waals surface area contributed by atoms with Crippen molar-refractivity contribution in [3.8, 4) is 11.1 Å². The van der Waals surface area contributed by atoms with Gasteiger partial charge >= 0.3 is 0 Å². The Labute approximate surface area is 154 Å². The van der Waals surface area contributed by atoms with Crippen LogP contribution in [0.4, 0.5) is 15.8 Å². The maximum absolute atomic E-state index is 13.9. The average molecular weight is 390 g/mol. The number of nitrogens with one attached hydrogen (secondary N) is 2. The number of carbonyl (C=O) groups excluding carboxylic acids is 1. The van der Waals surface area contributed by atoms with Crippen LogP contribution in [0.15, 0.2) is 60.0 Å². The third-order valence-corrected chi connectivity index (χ3v) is 4.97. The number of rotatable bonds is 5. The van der Waals surface area contributed by atoms with E-state index in [4.69, 9.17) is 0 Å². The van der Waals surface area contributed by atoms with E-state index in [0.29, 0.717) is 27.4 Å². The number of hydrogen-bond donors (Lipinski definition) is 2. The lowest BCUT2D eigenvalue weighted by Gasteiger charge is -2.07. The van der Waals surface area contributed by atoms with E-state index in [1.165, 1.54) is 23.5 Å². The molecule has 3 rings (SSSR count). The normalized spacial score (nSPS) is 11.2. The first-order valence-electron chi connectivity index (χ1n) is 7.54. The zero-order chi connectivity index (χ0) is 18.7. The second kappa shape index (κ2) is 7.27. The fraction of sp³-hybridized carbons (Fsp3) is 0.0556. The van der Waals surface area contributed by atoms with Crippen LogP contribution < -0.4 is 10.0 Å². The minimum atomic E-state index is -3.40. The molecule has 2 N–H and O–H groups in total. The molecule has 8 heteroatoms. The summed E-state index contributed by atoms with van der Waals surface area (Å²) in [5, 5.41) is 4.42. The molecular formula is C18H15FN2O3S2. The van der Waals surface area contributed by atoms with Crippen LogP contribution in [-0.2, 0) is 10.0 Å². The molecule has 0 saturated heterocycles. The Morgan fingerprint density at radius 3 is 2.50 bits per heavy atom. The van der Waals surface area contributed by atoms with Gasteiger partial charge in [-0.1, -0.05) is 24.3 Å². The second-order valence-electron chi connectivity index (χ2n) is 5.59. The Kier molecular flexibility index (Phi) is 5.06. The van der Waals surface area contributed by atoms with Crippen LogP contribution in [0.25, 0.3) is 11.1 Å². The molecule has 1 heterocycles. The van der Waals surface area contributed by atoms with Crippen molar-refractivity contribution in [2.75, 3.05) is 16.3 Å². The van der Waals surface area contributed by atoms with Gasteiger partial charge in [-0.2, -0.15) is 0 Å². The van der Waals surface area contributed by atoms with Crippen molar-refractivity contribution in [2.45, 2.75) is 0 Å². The van der Waals surface area contributed by atoms with Crippen molar-refractivity contribution in [1.29, 1.82) is 0 Å². The number of benzene rings is 2. The lowest BCUT2D eigenvalue weighted by molar-refractivity contribution is 0.103. The van der Waals surface area contributed by atoms with Gasteiger partial charge in [-0.3, -0.25) is 9.52 Å². The zero-order valence-electron chi connectivity index (χ0n) is 13.7. The highest BCUT2D eigenvalue weighted by atomic mass is 32.2. The van der Waals surface area contributed by atoms with E-state index in [1.54, 1.807) is 47.8 Å². The van der Waals surface area contributed by atoms with E-state index >= 15 is 0 Å².